The molecule has 2 N–H and O–H groups in total. The first-order chi connectivity index (χ1) is 13.0. The van der Waals surface area contributed by atoms with Crippen LogP contribution in [0.3, 0.4) is 0 Å². The number of nitrogens with zero attached hydrogens (tertiary/aromatic N) is 1. The van der Waals surface area contributed by atoms with E-state index in [4.69, 9.17) is 14.2 Å². The van der Waals surface area contributed by atoms with Gasteiger partial charge in [0.05, 0.1) is 12.7 Å². The summed E-state index contributed by atoms with van der Waals surface area (Å²) in [5, 5.41) is 6.56. The molecular formula is C21H29N3O3. The number of benzene rings is 2. The highest BCUT2D eigenvalue weighted by Crippen LogP contribution is 2.30. The van der Waals surface area contributed by atoms with Crippen LogP contribution in [0, 0.1) is 0 Å². The Labute approximate surface area is 161 Å². The first-order valence-corrected chi connectivity index (χ1v) is 8.87. The fraction of sp³-hybridized carbons (Fsp3) is 0.381. The molecule has 0 spiro atoms. The zero-order chi connectivity index (χ0) is 19.7. The molecule has 146 valence electrons. The summed E-state index contributed by atoms with van der Waals surface area (Å²) in [5.74, 6) is 2.88. The lowest BCUT2D eigenvalue weighted by Crippen LogP contribution is -2.45. The molecule has 0 bridgehead atoms. The Morgan fingerprint density at radius 1 is 0.963 bits per heavy atom. The van der Waals surface area contributed by atoms with E-state index < -0.39 is 0 Å². The van der Waals surface area contributed by atoms with E-state index in [9.17, 15) is 0 Å². The van der Waals surface area contributed by atoms with E-state index in [0.717, 1.165) is 17.3 Å². The molecule has 6 heteroatoms. The molecule has 0 saturated carbocycles. The number of hydrogen-bond donors (Lipinski definition) is 2. The minimum Gasteiger partial charge on any atom is -0.493 e. The zero-order valence-electron chi connectivity index (χ0n) is 16.7. The number of rotatable bonds is 8. The van der Waals surface area contributed by atoms with Gasteiger partial charge in [0.25, 0.3) is 0 Å². The average Bonchev–Trinajstić information content (AvgIpc) is 2.69. The summed E-state index contributed by atoms with van der Waals surface area (Å²) in [6.45, 7) is 5.36. The molecule has 0 aliphatic heterocycles. The van der Waals surface area contributed by atoms with E-state index in [0.29, 0.717) is 24.6 Å². The number of ether oxygens (including phenoxy) is 3. The van der Waals surface area contributed by atoms with E-state index in [2.05, 4.69) is 15.6 Å². The first kappa shape index (κ1) is 20.6. The quantitative estimate of drug-likeness (QED) is 0.549. The molecule has 0 atom stereocenters. The van der Waals surface area contributed by atoms with Crippen LogP contribution in [0.5, 0.6) is 17.2 Å². The minimum atomic E-state index is -0.255. The van der Waals surface area contributed by atoms with Crippen molar-refractivity contribution in [2.45, 2.75) is 26.0 Å². The normalized spacial score (nSPS) is 11.8. The molecule has 0 heterocycles. The van der Waals surface area contributed by atoms with Gasteiger partial charge in [0.1, 0.15) is 5.75 Å². The molecule has 0 aliphatic rings. The molecule has 0 fully saturated rings. The van der Waals surface area contributed by atoms with Crippen LogP contribution < -0.4 is 20.1 Å². The number of aliphatic imine (C=N–C) groups is 1. The fourth-order valence-electron chi connectivity index (χ4n) is 2.28. The maximum atomic E-state index is 5.90. The Hall–Kier alpha value is -2.73. The van der Waals surface area contributed by atoms with Crippen molar-refractivity contribution in [3.63, 3.8) is 0 Å². The second kappa shape index (κ2) is 9.83. The van der Waals surface area contributed by atoms with Gasteiger partial charge in [-0.15, -0.1) is 0 Å². The largest absolute Gasteiger partial charge is 0.493 e. The average molecular weight is 371 g/mol. The molecule has 2 aromatic carbocycles. The molecule has 0 amide bonds. The summed E-state index contributed by atoms with van der Waals surface area (Å²) in [6.07, 6.45) is 0. The lowest BCUT2D eigenvalue weighted by Gasteiger charge is -2.24. The van der Waals surface area contributed by atoms with E-state index in [-0.39, 0.29) is 5.60 Å². The van der Waals surface area contributed by atoms with Gasteiger partial charge in [0.15, 0.2) is 17.5 Å². The third kappa shape index (κ3) is 6.49. The van der Waals surface area contributed by atoms with Gasteiger partial charge in [-0.1, -0.05) is 24.3 Å². The van der Waals surface area contributed by atoms with Crippen LogP contribution in [0.2, 0.25) is 0 Å². The highest BCUT2D eigenvalue weighted by atomic mass is 16.5. The predicted molar refractivity (Wildman–Crippen MR) is 109 cm³/mol. The van der Waals surface area contributed by atoms with Crippen LogP contribution in [0.4, 0.5) is 0 Å². The topological polar surface area (TPSA) is 64.1 Å². The third-order valence-electron chi connectivity index (χ3n) is 4.14. The second-order valence-corrected chi connectivity index (χ2v) is 6.64. The highest BCUT2D eigenvalue weighted by molar-refractivity contribution is 5.79. The van der Waals surface area contributed by atoms with Gasteiger partial charge in [0.2, 0.25) is 0 Å². The van der Waals surface area contributed by atoms with Crippen molar-refractivity contribution in [1.29, 1.82) is 0 Å². The SMILES string of the molecule is CN=C(NCc1ccc(Oc2ccccc2OC)cc1)NCC(C)(C)OC. The summed E-state index contributed by atoms with van der Waals surface area (Å²) >= 11 is 0. The Balaban J connectivity index is 1.89. The van der Waals surface area contributed by atoms with Crippen molar-refractivity contribution in [3.8, 4) is 17.2 Å². The first-order valence-electron chi connectivity index (χ1n) is 8.87. The summed E-state index contributed by atoms with van der Waals surface area (Å²) in [4.78, 5) is 4.23. The van der Waals surface area contributed by atoms with E-state index >= 15 is 0 Å². The Bertz CT molecular complexity index is 743. The molecule has 2 rings (SSSR count). The second-order valence-electron chi connectivity index (χ2n) is 6.64. The van der Waals surface area contributed by atoms with Gasteiger partial charge in [-0.3, -0.25) is 4.99 Å². The van der Waals surface area contributed by atoms with E-state index in [1.165, 1.54) is 0 Å². The fourth-order valence-corrected chi connectivity index (χ4v) is 2.28. The summed E-state index contributed by atoms with van der Waals surface area (Å²) in [5.41, 5.74) is 0.867. The van der Waals surface area contributed by atoms with Crippen LogP contribution >= 0.6 is 0 Å². The van der Waals surface area contributed by atoms with Crippen LogP contribution in [-0.2, 0) is 11.3 Å². The molecular weight excluding hydrogens is 342 g/mol. The lowest BCUT2D eigenvalue weighted by molar-refractivity contribution is 0.0268. The maximum Gasteiger partial charge on any atom is 0.191 e. The summed E-state index contributed by atoms with van der Waals surface area (Å²) < 4.78 is 16.6. The minimum absolute atomic E-state index is 0.255. The van der Waals surface area contributed by atoms with Gasteiger partial charge >= 0.3 is 0 Å². The highest BCUT2D eigenvalue weighted by Gasteiger charge is 2.16. The summed E-state index contributed by atoms with van der Waals surface area (Å²) in [6, 6.07) is 15.5. The smallest absolute Gasteiger partial charge is 0.191 e. The number of hydrogen-bond acceptors (Lipinski definition) is 4. The van der Waals surface area contributed by atoms with E-state index in [1.807, 2.05) is 62.4 Å². The number of guanidine groups is 1. The molecule has 0 saturated heterocycles. The van der Waals surface area contributed by atoms with Crippen LogP contribution in [0.1, 0.15) is 19.4 Å². The number of nitrogens with one attached hydrogen (secondary N) is 2. The van der Waals surface area contributed by atoms with Crippen LogP contribution in [0.15, 0.2) is 53.5 Å². The van der Waals surface area contributed by atoms with Crippen molar-refractivity contribution in [1.82, 2.24) is 10.6 Å². The molecule has 27 heavy (non-hydrogen) atoms. The lowest BCUT2D eigenvalue weighted by atomic mass is 10.1. The van der Waals surface area contributed by atoms with Gasteiger partial charge in [-0.05, 0) is 43.7 Å². The van der Waals surface area contributed by atoms with Gasteiger partial charge in [-0.2, -0.15) is 0 Å². The van der Waals surface area contributed by atoms with Crippen LogP contribution in [0.25, 0.3) is 0 Å². The maximum absolute atomic E-state index is 5.90. The Morgan fingerprint density at radius 2 is 1.63 bits per heavy atom. The number of methoxy groups -OCH3 is 2. The van der Waals surface area contributed by atoms with Crippen LogP contribution in [-0.4, -0.2) is 39.4 Å². The monoisotopic (exact) mass is 371 g/mol. The van der Waals surface area contributed by atoms with Crippen molar-refractivity contribution < 1.29 is 14.2 Å². The van der Waals surface area contributed by atoms with Crippen molar-refractivity contribution in [2.24, 2.45) is 4.99 Å². The predicted octanol–water partition coefficient (Wildman–Crippen LogP) is 3.58. The Kier molecular flexibility index (Phi) is 7.49. The van der Waals surface area contributed by atoms with Gasteiger partial charge in [0, 0.05) is 27.2 Å². The molecule has 2 aromatic rings. The summed E-state index contributed by atoms with van der Waals surface area (Å²) in [7, 11) is 5.08. The molecule has 0 aromatic heterocycles. The third-order valence-corrected chi connectivity index (χ3v) is 4.14. The van der Waals surface area contributed by atoms with Crippen molar-refractivity contribution >= 4 is 5.96 Å². The van der Waals surface area contributed by atoms with Gasteiger partial charge < -0.3 is 24.8 Å². The van der Waals surface area contributed by atoms with Crippen molar-refractivity contribution in [2.75, 3.05) is 27.8 Å². The van der Waals surface area contributed by atoms with Gasteiger partial charge in [-0.25, -0.2) is 0 Å². The molecule has 0 unspecified atom stereocenters. The Morgan fingerprint density at radius 3 is 2.22 bits per heavy atom. The van der Waals surface area contributed by atoms with E-state index in [1.54, 1.807) is 21.3 Å². The molecule has 0 radical (unpaired) electrons. The number of para-hydroxylation sites is 2. The molecule has 6 nitrogen and oxygen atoms in total. The zero-order valence-corrected chi connectivity index (χ0v) is 16.7. The molecule has 0 aliphatic carbocycles. The van der Waals surface area contributed by atoms with Crippen molar-refractivity contribution in [3.05, 3.63) is 54.1 Å². The standard InChI is InChI=1S/C21H29N3O3/c1-21(2,26-5)15-24-20(22-3)23-14-16-10-12-17(13-11-16)27-19-9-7-6-8-18(19)25-4/h6-13H,14-15H2,1-5H3,(H2,22,23,24).